The highest BCUT2D eigenvalue weighted by molar-refractivity contribution is 7.09. The van der Waals surface area contributed by atoms with Gasteiger partial charge in [0.05, 0.1) is 6.54 Å². The molecule has 0 aromatic carbocycles. The van der Waals surface area contributed by atoms with Crippen molar-refractivity contribution in [1.29, 1.82) is 0 Å². The van der Waals surface area contributed by atoms with Gasteiger partial charge in [-0.2, -0.15) is 4.98 Å². The quantitative estimate of drug-likeness (QED) is 0.868. The Balaban J connectivity index is 1.63. The van der Waals surface area contributed by atoms with Crippen LogP contribution in [0.1, 0.15) is 29.4 Å². The highest BCUT2D eigenvalue weighted by Crippen LogP contribution is 2.08. The largest absolute Gasteiger partial charge is 0.351 e. The van der Waals surface area contributed by atoms with Crippen LogP contribution in [0.25, 0.3) is 0 Å². The van der Waals surface area contributed by atoms with Crippen molar-refractivity contribution in [2.24, 2.45) is 0 Å². The molecule has 0 saturated carbocycles. The van der Waals surface area contributed by atoms with Gasteiger partial charge < -0.3 is 9.84 Å². The first-order valence-corrected chi connectivity index (χ1v) is 6.70. The maximum atomic E-state index is 11.6. The second-order valence-electron chi connectivity index (χ2n) is 3.94. The van der Waals surface area contributed by atoms with Gasteiger partial charge in [0.2, 0.25) is 11.8 Å². The summed E-state index contributed by atoms with van der Waals surface area (Å²) in [7, 11) is 0. The van der Waals surface area contributed by atoms with Crippen LogP contribution >= 0.6 is 11.3 Å². The van der Waals surface area contributed by atoms with Crippen LogP contribution in [0.3, 0.4) is 0 Å². The highest BCUT2D eigenvalue weighted by Gasteiger charge is 2.05. The molecule has 0 spiro atoms. The van der Waals surface area contributed by atoms with Crippen LogP contribution in [0.4, 0.5) is 0 Å². The summed E-state index contributed by atoms with van der Waals surface area (Å²) >= 11 is 1.64. The van der Waals surface area contributed by atoms with Crippen LogP contribution in [-0.4, -0.2) is 16.0 Å². The van der Waals surface area contributed by atoms with E-state index in [9.17, 15) is 4.79 Å². The van der Waals surface area contributed by atoms with E-state index in [-0.39, 0.29) is 5.91 Å². The van der Waals surface area contributed by atoms with Crippen molar-refractivity contribution in [3.63, 3.8) is 0 Å². The van der Waals surface area contributed by atoms with Crippen molar-refractivity contribution in [2.45, 2.75) is 32.7 Å². The first kappa shape index (κ1) is 12.8. The number of rotatable bonds is 6. The molecule has 0 aliphatic heterocycles. The maximum absolute atomic E-state index is 11.6. The number of amides is 1. The van der Waals surface area contributed by atoms with Gasteiger partial charge >= 0.3 is 0 Å². The van der Waals surface area contributed by atoms with Crippen molar-refractivity contribution < 1.29 is 9.32 Å². The molecular formula is C12H15N3O2S. The molecule has 2 aromatic heterocycles. The minimum atomic E-state index is 0.0552. The topological polar surface area (TPSA) is 68.0 Å². The molecule has 18 heavy (non-hydrogen) atoms. The molecule has 96 valence electrons. The first-order chi connectivity index (χ1) is 8.74. The van der Waals surface area contributed by atoms with Crippen molar-refractivity contribution in [2.75, 3.05) is 0 Å². The molecule has 0 atom stereocenters. The van der Waals surface area contributed by atoms with Crippen LogP contribution in [0.2, 0.25) is 0 Å². The summed E-state index contributed by atoms with van der Waals surface area (Å²) in [5, 5.41) is 8.58. The fraction of sp³-hybridized carbons (Fsp3) is 0.417. The van der Waals surface area contributed by atoms with Crippen LogP contribution < -0.4 is 5.32 Å². The predicted octanol–water partition coefficient (Wildman–Crippen LogP) is 2.08. The number of nitrogens with zero attached hydrogens (tertiary/aromatic N) is 2. The lowest BCUT2D eigenvalue weighted by atomic mass is 10.2. The van der Waals surface area contributed by atoms with Gasteiger partial charge in [0.25, 0.3) is 0 Å². The van der Waals surface area contributed by atoms with Gasteiger partial charge in [-0.25, -0.2) is 0 Å². The Morgan fingerprint density at radius 1 is 1.56 bits per heavy atom. The van der Waals surface area contributed by atoms with Crippen LogP contribution in [0, 0.1) is 6.92 Å². The third kappa shape index (κ3) is 3.96. The molecule has 5 nitrogen and oxygen atoms in total. The molecule has 2 rings (SSSR count). The van der Waals surface area contributed by atoms with Gasteiger partial charge in [-0.05, 0) is 24.8 Å². The number of aromatic nitrogens is 2. The molecule has 6 heteroatoms. The van der Waals surface area contributed by atoms with E-state index in [0.29, 0.717) is 31.1 Å². The summed E-state index contributed by atoms with van der Waals surface area (Å²) in [6, 6.07) is 3.98. The second-order valence-corrected chi connectivity index (χ2v) is 4.98. The summed E-state index contributed by atoms with van der Waals surface area (Å²) in [5.41, 5.74) is 0. The fourth-order valence-corrected chi connectivity index (χ4v) is 2.17. The normalized spacial score (nSPS) is 10.5. The zero-order valence-corrected chi connectivity index (χ0v) is 11.0. The summed E-state index contributed by atoms with van der Waals surface area (Å²) < 4.78 is 4.97. The van der Waals surface area contributed by atoms with Gasteiger partial charge in [0.1, 0.15) is 0 Å². The van der Waals surface area contributed by atoms with Crippen molar-refractivity contribution in [3.8, 4) is 0 Å². The molecule has 1 N–H and O–H groups in total. The smallest absolute Gasteiger partial charge is 0.226 e. The van der Waals surface area contributed by atoms with Crippen molar-refractivity contribution in [3.05, 3.63) is 34.1 Å². The minimum Gasteiger partial charge on any atom is -0.351 e. The van der Waals surface area contributed by atoms with Gasteiger partial charge in [-0.15, -0.1) is 11.3 Å². The second kappa shape index (κ2) is 6.30. The van der Waals surface area contributed by atoms with Crippen molar-refractivity contribution in [1.82, 2.24) is 15.5 Å². The summed E-state index contributed by atoms with van der Waals surface area (Å²) in [5.74, 6) is 1.28. The van der Waals surface area contributed by atoms with E-state index in [2.05, 4.69) is 15.5 Å². The zero-order chi connectivity index (χ0) is 12.8. The number of hydrogen-bond donors (Lipinski definition) is 1. The maximum Gasteiger partial charge on any atom is 0.226 e. The van der Waals surface area contributed by atoms with E-state index >= 15 is 0 Å². The number of aryl methyl sites for hydroxylation is 2. The zero-order valence-electron chi connectivity index (χ0n) is 10.2. The summed E-state index contributed by atoms with van der Waals surface area (Å²) in [4.78, 5) is 16.8. The van der Waals surface area contributed by atoms with E-state index in [1.165, 1.54) is 0 Å². The SMILES string of the molecule is Cc1noc(CCCC(=O)NCc2cccs2)n1. The minimum absolute atomic E-state index is 0.0552. The summed E-state index contributed by atoms with van der Waals surface area (Å²) in [6.45, 7) is 2.39. The molecule has 0 unspecified atom stereocenters. The van der Waals surface area contributed by atoms with Crippen LogP contribution in [0.5, 0.6) is 0 Å². The molecule has 0 aliphatic carbocycles. The van der Waals surface area contributed by atoms with E-state index in [0.717, 1.165) is 11.3 Å². The number of nitrogens with one attached hydrogen (secondary N) is 1. The summed E-state index contributed by atoms with van der Waals surface area (Å²) in [6.07, 6.45) is 1.85. The third-order valence-corrected chi connectivity index (χ3v) is 3.28. The first-order valence-electron chi connectivity index (χ1n) is 5.82. The molecule has 1 amide bonds. The number of carbonyl (C=O) groups excluding carboxylic acids is 1. The van der Waals surface area contributed by atoms with Crippen molar-refractivity contribution >= 4 is 17.2 Å². The number of hydrogen-bond acceptors (Lipinski definition) is 5. The molecule has 0 bridgehead atoms. The van der Waals surface area contributed by atoms with Gasteiger partial charge in [-0.1, -0.05) is 11.2 Å². The van der Waals surface area contributed by atoms with Crippen LogP contribution in [0.15, 0.2) is 22.0 Å². The fourth-order valence-electron chi connectivity index (χ4n) is 1.53. The van der Waals surface area contributed by atoms with Gasteiger partial charge in [0.15, 0.2) is 5.82 Å². The number of thiophene rings is 1. The van der Waals surface area contributed by atoms with E-state index in [1.54, 1.807) is 18.3 Å². The Labute approximate surface area is 109 Å². The van der Waals surface area contributed by atoms with Gasteiger partial charge in [-0.3, -0.25) is 4.79 Å². The standard InChI is InChI=1S/C12H15N3O2S/c1-9-14-12(17-15-9)6-2-5-11(16)13-8-10-4-3-7-18-10/h3-4,7H,2,5-6,8H2,1H3,(H,13,16). The molecule has 0 saturated heterocycles. The van der Waals surface area contributed by atoms with E-state index in [4.69, 9.17) is 4.52 Å². The Kier molecular flexibility index (Phi) is 4.46. The van der Waals surface area contributed by atoms with Crippen LogP contribution in [-0.2, 0) is 17.8 Å². The average Bonchev–Trinajstić information content (AvgIpc) is 2.98. The van der Waals surface area contributed by atoms with E-state index in [1.807, 2.05) is 17.5 Å². The Bertz CT molecular complexity index is 493. The highest BCUT2D eigenvalue weighted by atomic mass is 32.1. The molecule has 0 aliphatic rings. The lowest BCUT2D eigenvalue weighted by Crippen LogP contribution is -2.21. The molecule has 0 radical (unpaired) electrons. The molecular weight excluding hydrogens is 250 g/mol. The molecule has 2 heterocycles. The lowest BCUT2D eigenvalue weighted by molar-refractivity contribution is -0.121. The Morgan fingerprint density at radius 3 is 3.11 bits per heavy atom. The Morgan fingerprint density at radius 2 is 2.44 bits per heavy atom. The Hall–Kier alpha value is -1.69. The lowest BCUT2D eigenvalue weighted by Gasteiger charge is -2.02. The monoisotopic (exact) mass is 265 g/mol. The third-order valence-electron chi connectivity index (χ3n) is 2.40. The molecule has 2 aromatic rings. The predicted molar refractivity (Wildman–Crippen MR) is 68.1 cm³/mol. The molecule has 0 fully saturated rings. The average molecular weight is 265 g/mol. The van der Waals surface area contributed by atoms with Gasteiger partial charge in [0, 0.05) is 17.7 Å². The number of carbonyl (C=O) groups is 1. The van der Waals surface area contributed by atoms with E-state index < -0.39 is 0 Å².